The van der Waals surface area contributed by atoms with Crippen LogP contribution in [0.4, 0.5) is 8.78 Å². The van der Waals surface area contributed by atoms with Crippen molar-refractivity contribution in [2.45, 2.75) is 19.8 Å². The van der Waals surface area contributed by atoms with Crippen LogP contribution in [-0.4, -0.2) is 37.0 Å². The number of halogens is 3. The predicted molar refractivity (Wildman–Crippen MR) is 81.2 cm³/mol. The number of nitrogens with one attached hydrogen (secondary N) is 1. The number of likely N-dealkylation sites (tertiary alicyclic amines) is 1. The van der Waals surface area contributed by atoms with E-state index in [9.17, 15) is 13.6 Å². The molecule has 2 rings (SSSR count). The SMILES string of the molecule is CCNCC1CCN(C(=O)c2c(F)cc(Br)cc2F)CC1. The van der Waals surface area contributed by atoms with Gasteiger partial charge < -0.3 is 10.2 Å². The topological polar surface area (TPSA) is 32.3 Å². The summed E-state index contributed by atoms with van der Waals surface area (Å²) in [6.07, 6.45) is 1.72. The zero-order valence-corrected chi connectivity index (χ0v) is 13.6. The summed E-state index contributed by atoms with van der Waals surface area (Å²) in [6, 6.07) is 2.24. The first-order valence-electron chi connectivity index (χ1n) is 7.17. The maximum absolute atomic E-state index is 13.8. The minimum Gasteiger partial charge on any atom is -0.338 e. The molecule has 1 aliphatic heterocycles. The van der Waals surface area contributed by atoms with Crippen molar-refractivity contribution in [3.8, 4) is 0 Å². The van der Waals surface area contributed by atoms with Crippen LogP contribution in [0.3, 0.4) is 0 Å². The molecule has 0 unspecified atom stereocenters. The molecule has 1 heterocycles. The molecule has 1 fully saturated rings. The molecule has 0 aromatic heterocycles. The summed E-state index contributed by atoms with van der Waals surface area (Å²) in [5, 5.41) is 3.29. The van der Waals surface area contributed by atoms with Gasteiger partial charge in [-0.2, -0.15) is 0 Å². The molecule has 21 heavy (non-hydrogen) atoms. The lowest BCUT2D eigenvalue weighted by molar-refractivity contribution is 0.0680. The van der Waals surface area contributed by atoms with Gasteiger partial charge in [0.2, 0.25) is 0 Å². The number of carbonyl (C=O) groups is 1. The van der Waals surface area contributed by atoms with Gasteiger partial charge in [0.1, 0.15) is 17.2 Å². The predicted octanol–water partition coefficient (Wildman–Crippen LogP) is 3.19. The summed E-state index contributed by atoms with van der Waals surface area (Å²) in [5.74, 6) is -1.67. The zero-order chi connectivity index (χ0) is 15.4. The quantitative estimate of drug-likeness (QED) is 0.894. The monoisotopic (exact) mass is 360 g/mol. The van der Waals surface area contributed by atoms with E-state index in [2.05, 4.69) is 28.2 Å². The van der Waals surface area contributed by atoms with Gasteiger partial charge in [0, 0.05) is 17.6 Å². The first kappa shape index (κ1) is 16.4. The highest BCUT2D eigenvalue weighted by molar-refractivity contribution is 9.10. The lowest BCUT2D eigenvalue weighted by Gasteiger charge is -2.32. The lowest BCUT2D eigenvalue weighted by atomic mass is 9.96. The highest BCUT2D eigenvalue weighted by Gasteiger charge is 2.27. The average Bonchev–Trinajstić information content (AvgIpc) is 2.44. The maximum Gasteiger partial charge on any atom is 0.259 e. The standard InChI is InChI=1S/C15H19BrF2N2O/c1-2-19-9-10-3-5-20(6-4-10)15(21)14-12(17)7-11(16)8-13(14)18/h7-8,10,19H,2-6,9H2,1H3. The van der Waals surface area contributed by atoms with Gasteiger partial charge in [0.15, 0.2) is 0 Å². The van der Waals surface area contributed by atoms with E-state index in [4.69, 9.17) is 0 Å². The molecule has 0 saturated carbocycles. The van der Waals surface area contributed by atoms with Crippen molar-refractivity contribution < 1.29 is 13.6 Å². The third-order valence-electron chi connectivity index (χ3n) is 3.81. The first-order chi connectivity index (χ1) is 10.0. The Bertz CT molecular complexity index is 493. The van der Waals surface area contributed by atoms with Crippen molar-refractivity contribution in [3.63, 3.8) is 0 Å². The Morgan fingerprint density at radius 2 is 1.90 bits per heavy atom. The average molecular weight is 361 g/mol. The van der Waals surface area contributed by atoms with Gasteiger partial charge in [-0.25, -0.2) is 8.78 Å². The Balaban J connectivity index is 2.02. The fraction of sp³-hybridized carbons (Fsp3) is 0.533. The summed E-state index contributed by atoms with van der Waals surface area (Å²) < 4.78 is 28.0. The van der Waals surface area contributed by atoms with Crippen LogP contribution < -0.4 is 5.32 Å². The van der Waals surface area contributed by atoms with Crippen LogP contribution in [0.25, 0.3) is 0 Å². The molecule has 1 amide bonds. The van der Waals surface area contributed by atoms with Crippen molar-refractivity contribution in [2.75, 3.05) is 26.2 Å². The number of piperidine rings is 1. The lowest BCUT2D eigenvalue weighted by Crippen LogP contribution is -2.41. The fourth-order valence-corrected chi connectivity index (χ4v) is 3.00. The number of benzene rings is 1. The largest absolute Gasteiger partial charge is 0.338 e. The van der Waals surface area contributed by atoms with Crippen LogP contribution in [0.5, 0.6) is 0 Å². The van der Waals surface area contributed by atoms with Crippen LogP contribution in [-0.2, 0) is 0 Å². The second-order valence-electron chi connectivity index (χ2n) is 5.29. The van der Waals surface area contributed by atoms with Crippen LogP contribution in [0.1, 0.15) is 30.1 Å². The van der Waals surface area contributed by atoms with E-state index in [0.29, 0.717) is 23.5 Å². The molecule has 0 atom stereocenters. The number of hydrogen-bond donors (Lipinski definition) is 1. The molecule has 1 aromatic rings. The number of hydrogen-bond acceptors (Lipinski definition) is 2. The molecule has 1 N–H and O–H groups in total. The van der Waals surface area contributed by atoms with E-state index in [0.717, 1.165) is 38.1 Å². The molecule has 6 heteroatoms. The maximum atomic E-state index is 13.8. The Labute approximate surface area is 131 Å². The number of carbonyl (C=O) groups excluding carboxylic acids is 1. The van der Waals surface area contributed by atoms with E-state index in [1.807, 2.05) is 0 Å². The third kappa shape index (κ3) is 4.01. The van der Waals surface area contributed by atoms with Crippen molar-refractivity contribution in [2.24, 2.45) is 5.92 Å². The summed E-state index contributed by atoms with van der Waals surface area (Å²) in [5.41, 5.74) is -0.455. The van der Waals surface area contributed by atoms with Gasteiger partial charge in [0.25, 0.3) is 5.91 Å². The highest BCUT2D eigenvalue weighted by Crippen LogP contribution is 2.23. The molecule has 1 aromatic carbocycles. The smallest absolute Gasteiger partial charge is 0.259 e. The molecule has 0 bridgehead atoms. The molecule has 3 nitrogen and oxygen atoms in total. The summed E-state index contributed by atoms with van der Waals surface area (Å²) in [4.78, 5) is 13.8. The molecule has 1 aliphatic rings. The second-order valence-corrected chi connectivity index (χ2v) is 6.20. The van der Waals surface area contributed by atoms with E-state index in [1.54, 1.807) is 0 Å². The molecular formula is C15H19BrF2N2O. The van der Waals surface area contributed by atoms with Crippen molar-refractivity contribution >= 4 is 21.8 Å². The van der Waals surface area contributed by atoms with E-state index in [-0.39, 0.29) is 0 Å². The van der Waals surface area contributed by atoms with E-state index >= 15 is 0 Å². The van der Waals surface area contributed by atoms with Gasteiger partial charge in [0.05, 0.1) is 0 Å². The third-order valence-corrected chi connectivity index (χ3v) is 4.26. The number of rotatable bonds is 4. The van der Waals surface area contributed by atoms with Gasteiger partial charge in [-0.15, -0.1) is 0 Å². The molecule has 0 radical (unpaired) electrons. The minimum absolute atomic E-state index is 0.290. The fourth-order valence-electron chi connectivity index (χ4n) is 2.59. The molecule has 1 saturated heterocycles. The van der Waals surface area contributed by atoms with E-state index in [1.165, 1.54) is 4.90 Å². The van der Waals surface area contributed by atoms with Gasteiger partial charge in [-0.05, 0) is 44.0 Å². The van der Waals surface area contributed by atoms with Gasteiger partial charge in [-0.3, -0.25) is 4.79 Å². The van der Waals surface area contributed by atoms with Crippen molar-refractivity contribution in [1.29, 1.82) is 0 Å². The Hall–Kier alpha value is -1.01. The second kappa shape index (κ2) is 7.31. The highest BCUT2D eigenvalue weighted by atomic mass is 79.9. The molecule has 116 valence electrons. The molecule has 0 aliphatic carbocycles. The Morgan fingerprint density at radius 1 is 1.33 bits per heavy atom. The number of amides is 1. The summed E-state index contributed by atoms with van der Waals surface area (Å²) >= 11 is 3.01. The van der Waals surface area contributed by atoms with Crippen molar-refractivity contribution in [1.82, 2.24) is 10.2 Å². The normalized spacial score (nSPS) is 16.3. The molecule has 0 spiro atoms. The Kier molecular flexibility index (Phi) is 5.70. The minimum atomic E-state index is -0.818. The van der Waals surface area contributed by atoms with Gasteiger partial charge >= 0.3 is 0 Å². The number of nitrogens with zero attached hydrogens (tertiary/aromatic N) is 1. The van der Waals surface area contributed by atoms with Crippen LogP contribution in [0.2, 0.25) is 0 Å². The summed E-state index contributed by atoms with van der Waals surface area (Å²) in [7, 11) is 0. The van der Waals surface area contributed by atoms with Crippen LogP contribution >= 0.6 is 15.9 Å². The molecular weight excluding hydrogens is 342 g/mol. The summed E-state index contributed by atoms with van der Waals surface area (Å²) in [6.45, 7) is 5.00. The Morgan fingerprint density at radius 3 is 2.43 bits per heavy atom. The van der Waals surface area contributed by atoms with E-state index < -0.39 is 23.1 Å². The zero-order valence-electron chi connectivity index (χ0n) is 12.0. The van der Waals surface area contributed by atoms with Crippen molar-refractivity contribution in [3.05, 3.63) is 33.8 Å². The first-order valence-corrected chi connectivity index (χ1v) is 7.96. The van der Waals surface area contributed by atoms with Gasteiger partial charge in [-0.1, -0.05) is 22.9 Å². The van der Waals surface area contributed by atoms with Crippen LogP contribution in [0, 0.1) is 17.6 Å². The van der Waals surface area contributed by atoms with Crippen LogP contribution in [0.15, 0.2) is 16.6 Å².